The van der Waals surface area contributed by atoms with Gasteiger partial charge >= 0.3 is 6.03 Å². The Morgan fingerprint density at radius 3 is 2.27 bits per heavy atom. The maximum Gasteiger partial charge on any atom is 0.321 e. The number of likely N-dealkylation sites (tertiary alicyclic amines) is 1. The summed E-state index contributed by atoms with van der Waals surface area (Å²) < 4.78 is 25.4. The highest BCUT2D eigenvalue weighted by molar-refractivity contribution is 7.90. The molecule has 1 saturated heterocycles. The molecule has 2 aliphatic heterocycles. The van der Waals surface area contributed by atoms with Crippen molar-refractivity contribution in [2.24, 2.45) is 5.14 Å². The second kappa shape index (κ2) is 7.41. The standard InChI is InChI=1S/C21H24N4O4S/c1-15(26)16-6-8-17(9-7-16)23-20(27)24-12-10-21(11-13-24)14-25(30(22,28)29)19-5-3-2-4-18(19)21/h2-9H,10-14H2,1H3,(H,23,27)(H2,22,28,29). The quantitative estimate of drug-likeness (QED) is 0.731. The number of Topliss-reactive ketones (excluding diaryl/α,β-unsaturated/α-hetero) is 1. The normalized spacial score (nSPS) is 17.7. The molecule has 2 aromatic rings. The maximum absolute atomic E-state index is 12.7. The number of nitrogens with two attached hydrogens (primary N) is 1. The molecule has 158 valence electrons. The van der Waals surface area contributed by atoms with E-state index in [4.69, 9.17) is 5.14 Å². The molecule has 0 radical (unpaired) electrons. The van der Waals surface area contributed by atoms with E-state index in [0.29, 0.717) is 49.4 Å². The van der Waals surface area contributed by atoms with E-state index in [1.165, 1.54) is 11.2 Å². The van der Waals surface area contributed by atoms with Crippen LogP contribution >= 0.6 is 0 Å². The van der Waals surface area contributed by atoms with Crippen LogP contribution in [0.25, 0.3) is 0 Å². The van der Waals surface area contributed by atoms with Crippen LogP contribution in [0.5, 0.6) is 0 Å². The minimum Gasteiger partial charge on any atom is -0.324 e. The smallest absolute Gasteiger partial charge is 0.321 e. The average Bonchev–Trinajstić information content (AvgIpc) is 3.04. The predicted octanol–water partition coefficient (Wildman–Crippen LogP) is 2.48. The van der Waals surface area contributed by atoms with Crippen LogP contribution in [0.3, 0.4) is 0 Å². The number of amides is 2. The summed E-state index contributed by atoms with van der Waals surface area (Å²) in [5, 5.41) is 8.30. The first-order valence-corrected chi connectivity index (χ1v) is 11.3. The molecular weight excluding hydrogens is 404 g/mol. The van der Waals surface area contributed by atoms with Gasteiger partial charge in [-0.05, 0) is 55.7 Å². The van der Waals surface area contributed by atoms with Crippen LogP contribution in [-0.2, 0) is 15.6 Å². The first kappa shape index (κ1) is 20.4. The van der Waals surface area contributed by atoms with Crippen LogP contribution in [0, 0.1) is 0 Å². The number of para-hydroxylation sites is 1. The molecule has 2 aliphatic rings. The molecule has 8 nitrogen and oxygen atoms in total. The number of rotatable bonds is 3. The minimum absolute atomic E-state index is 0.0282. The molecule has 1 spiro atoms. The average molecular weight is 429 g/mol. The Kier molecular flexibility index (Phi) is 5.03. The Hall–Kier alpha value is -2.91. The van der Waals surface area contributed by atoms with Crippen LogP contribution in [0.4, 0.5) is 16.2 Å². The van der Waals surface area contributed by atoms with Gasteiger partial charge < -0.3 is 10.2 Å². The Labute approximate surface area is 175 Å². The van der Waals surface area contributed by atoms with Gasteiger partial charge in [0.25, 0.3) is 10.2 Å². The van der Waals surface area contributed by atoms with E-state index >= 15 is 0 Å². The SMILES string of the molecule is CC(=O)c1ccc(NC(=O)N2CCC3(CC2)CN(S(N)(=O)=O)c2ccccc23)cc1. The number of fused-ring (bicyclic) bond motifs is 2. The van der Waals surface area contributed by atoms with Gasteiger partial charge in [-0.2, -0.15) is 8.42 Å². The van der Waals surface area contributed by atoms with Crippen molar-refractivity contribution in [3.05, 3.63) is 59.7 Å². The number of ketones is 1. The zero-order valence-corrected chi connectivity index (χ0v) is 17.5. The Morgan fingerprint density at radius 1 is 1.03 bits per heavy atom. The van der Waals surface area contributed by atoms with Crippen molar-refractivity contribution in [3.8, 4) is 0 Å². The molecule has 4 rings (SSSR count). The maximum atomic E-state index is 12.7. The molecule has 0 saturated carbocycles. The fraction of sp³-hybridized carbons (Fsp3) is 0.333. The second-order valence-corrected chi connectivity index (χ2v) is 9.37. The first-order valence-electron chi connectivity index (χ1n) is 9.77. The zero-order chi connectivity index (χ0) is 21.5. The Bertz CT molecular complexity index is 1090. The number of urea groups is 1. The van der Waals surface area contributed by atoms with Crippen molar-refractivity contribution in [3.63, 3.8) is 0 Å². The molecule has 2 aromatic carbocycles. The highest BCUT2D eigenvalue weighted by atomic mass is 32.2. The van der Waals surface area contributed by atoms with Crippen molar-refractivity contribution >= 4 is 33.4 Å². The molecule has 0 aromatic heterocycles. The van der Waals surface area contributed by atoms with Crippen LogP contribution in [0.2, 0.25) is 0 Å². The number of nitrogens with one attached hydrogen (secondary N) is 1. The van der Waals surface area contributed by atoms with Crippen molar-refractivity contribution in [2.75, 3.05) is 29.3 Å². The number of carbonyl (C=O) groups is 2. The minimum atomic E-state index is -3.86. The number of hydrogen-bond donors (Lipinski definition) is 2. The summed E-state index contributed by atoms with van der Waals surface area (Å²) >= 11 is 0. The zero-order valence-electron chi connectivity index (χ0n) is 16.7. The van der Waals surface area contributed by atoms with Gasteiger partial charge in [-0.3, -0.25) is 9.10 Å². The third-order valence-electron chi connectivity index (χ3n) is 6.05. The number of anilines is 2. The highest BCUT2D eigenvalue weighted by Crippen LogP contribution is 2.47. The van der Waals surface area contributed by atoms with Gasteiger partial charge in [0.1, 0.15) is 0 Å². The van der Waals surface area contributed by atoms with E-state index in [9.17, 15) is 18.0 Å². The van der Waals surface area contributed by atoms with Gasteiger partial charge in [0.05, 0.1) is 5.69 Å². The monoisotopic (exact) mass is 428 g/mol. The lowest BCUT2D eigenvalue weighted by Crippen LogP contribution is -2.49. The van der Waals surface area contributed by atoms with Crippen molar-refractivity contribution in [2.45, 2.75) is 25.2 Å². The molecular formula is C21H24N4O4S. The summed E-state index contributed by atoms with van der Waals surface area (Å²) in [5.74, 6) is -0.0282. The van der Waals surface area contributed by atoms with E-state index in [1.807, 2.05) is 12.1 Å². The van der Waals surface area contributed by atoms with Gasteiger partial charge in [-0.25, -0.2) is 9.93 Å². The van der Waals surface area contributed by atoms with Gasteiger partial charge in [-0.15, -0.1) is 0 Å². The van der Waals surface area contributed by atoms with E-state index in [1.54, 1.807) is 41.3 Å². The predicted molar refractivity (Wildman–Crippen MR) is 115 cm³/mol. The topological polar surface area (TPSA) is 113 Å². The molecule has 30 heavy (non-hydrogen) atoms. The summed E-state index contributed by atoms with van der Waals surface area (Å²) in [6.07, 6.45) is 1.29. The molecule has 2 heterocycles. The van der Waals surface area contributed by atoms with Gasteiger partial charge in [0.15, 0.2) is 5.78 Å². The summed E-state index contributed by atoms with van der Waals surface area (Å²) in [4.78, 5) is 25.8. The van der Waals surface area contributed by atoms with E-state index in [-0.39, 0.29) is 17.2 Å². The lowest BCUT2D eigenvalue weighted by Gasteiger charge is -2.39. The second-order valence-electron chi connectivity index (χ2n) is 7.90. The third-order valence-corrected chi connectivity index (χ3v) is 6.99. The molecule has 0 atom stereocenters. The van der Waals surface area contributed by atoms with Gasteiger partial charge in [0, 0.05) is 36.3 Å². The molecule has 0 bridgehead atoms. The van der Waals surface area contributed by atoms with E-state index in [0.717, 1.165) is 5.56 Å². The third kappa shape index (κ3) is 3.66. The van der Waals surface area contributed by atoms with Crippen molar-refractivity contribution in [1.82, 2.24) is 4.90 Å². The number of piperidine rings is 1. The van der Waals surface area contributed by atoms with Crippen LogP contribution in [0.15, 0.2) is 48.5 Å². The molecule has 3 N–H and O–H groups in total. The van der Waals surface area contributed by atoms with Gasteiger partial charge in [-0.1, -0.05) is 18.2 Å². The summed E-state index contributed by atoms with van der Waals surface area (Å²) in [5.41, 5.74) is 2.47. The highest BCUT2D eigenvalue weighted by Gasteiger charge is 2.47. The molecule has 9 heteroatoms. The first-order chi connectivity index (χ1) is 14.2. The van der Waals surface area contributed by atoms with Gasteiger partial charge in [0.2, 0.25) is 0 Å². The van der Waals surface area contributed by atoms with Crippen LogP contribution in [-0.4, -0.2) is 44.8 Å². The van der Waals surface area contributed by atoms with Crippen molar-refractivity contribution < 1.29 is 18.0 Å². The fourth-order valence-corrected chi connectivity index (χ4v) is 5.23. The fourth-order valence-electron chi connectivity index (χ4n) is 4.37. The summed E-state index contributed by atoms with van der Waals surface area (Å²) in [6, 6.07) is 14.0. The molecule has 2 amide bonds. The number of carbonyl (C=O) groups excluding carboxylic acids is 2. The number of nitrogens with zero attached hydrogens (tertiary/aromatic N) is 2. The summed E-state index contributed by atoms with van der Waals surface area (Å²) in [7, 11) is -3.86. The Morgan fingerprint density at radius 2 is 1.67 bits per heavy atom. The Balaban J connectivity index is 1.46. The van der Waals surface area contributed by atoms with E-state index < -0.39 is 10.2 Å². The lowest BCUT2D eigenvalue weighted by atomic mass is 9.74. The summed E-state index contributed by atoms with van der Waals surface area (Å²) in [6.45, 7) is 2.80. The van der Waals surface area contributed by atoms with Crippen LogP contribution in [0.1, 0.15) is 35.7 Å². The van der Waals surface area contributed by atoms with E-state index in [2.05, 4.69) is 5.32 Å². The van der Waals surface area contributed by atoms with Crippen LogP contribution < -0.4 is 14.8 Å². The number of hydrogen-bond acceptors (Lipinski definition) is 4. The largest absolute Gasteiger partial charge is 0.324 e. The number of benzene rings is 2. The molecule has 1 fully saturated rings. The van der Waals surface area contributed by atoms with Crippen molar-refractivity contribution in [1.29, 1.82) is 0 Å². The molecule has 0 unspecified atom stereocenters. The lowest BCUT2D eigenvalue weighted by molar-refractivity contribution is 0.101. The molecule has 0 aliphatic carbocycles.